The Hall–Kier alpha value is -2.12. The first-order valence-corrected chi connectivity index (χ1v) is 11.3. The van der Waals surface area contributed by atoms with Crippen LogP contribution in [0.25, 0.3) is 0 Å². The molecule has 0 amide bonds. The topological polar surface area (TPSA) is 59.6 Å². The van der Waals surface area contributed by atoms with Gasteiger partial charge in [0.15, 0.2) is 5.11 Å². The second kappa shape index (κ2) is 10.1. The SMILES string of the molecule is CCOC(=O)c1c(NC(=S)NC(C)c2cccc(OC)c2)sc2c1CCCCC2. The van der Waals surface area contributed by atoms with Gasteiger partial charge in [-0.15, -0.1) is 11.3 Å². The third-order valence-corrected chi connectivity index (χ3v) is 6.50. The van der Waals surface area contributed by atoms with Crippen LogP contribution in [0.1, 0.15) is 65.5 Å². The highest BCUT2D eigenvalue weighted by molar-refractivity contribution is 7.80. The van der Waals surface area contributed by atoms with E-state index in [9.17, 15) is 4.79 Å². The molecule has 1 aliphatic rings. The highest BCUT2D eigenvalue weighted by Gasteiger charge is 2.26. The van der Waals surface area contributed by atoms with Gasteiger partial charge in [-0.05, 0) is 75.0 Å². The molecule has 0 saturated heterocycles. The summed E-state index contributed by atoms with van der Waals surface area (Å²) >= 11 is 7.18. The van der Waals surface area contributed by atoms with Crippen LogP contribution >= 0.6 is 23.6 Å². The summed E-state index contributed by atoms with van der Waals surface area (Å²) < 4.78 is 10.6. The number of benzene rings is 1. The molecule has 0 bridgehead atoms. The Balaban J connectivity index is 1.77. The highest BCUT2D eigenvalue weighted by atomic mass is 32.1. The molecule has 2 aromatic rings. The van der Waals surface area contributed by atoms with Crippen LogP contribution in [0.15, 0.2) is 24.3 Å². The number of ether oxygens (including phenoxy) is 2. The number of fused-ring (bicyclic) bond motifs is 1. The lowest BCUT2D eigenvalue weighted by molar-refractivity contribution is 0.0527. The van der Waals surface area contributed by atoms with Crippen molar-refractivity contribution < 1.29 is 14.3 Å². The second-order valence-electron chi connectivity index (χ2n) is 7.09. The zero-order valence-corrected chi connectivity index (χ0v) is 18.8. The van der Waals surface area contributed by atoms with Crippen LogP contribution in [0.3, 0.4) is 0 Å². The lowest BCUT2D eigenvalue weighted by atomic mass is 10.1. The van der Waals surface area contributed by atoms with Crippen LogP contribution in [0.2, 0.25) is 0 Å². The molecule has 1 atom stereocenters. The molecule has 3 rings (SSSR count). The zero-order valence-electron chi connectivity index (χ0n) is 17.2. The van der Waals surface area contributed by atoms with Crippen LogP contribution in [-0.2, 0) is 17.6 Å². The summed E-state index contributed by atoms with van der Waals surface area (Å²) in [6.07, 6.45) is 5.39. The number of anilines is 1. The van der Waals surface area contributed by atoms with Crippen molar-refractivity contribution in [1.82, 2.24) is 5.32 Å². The number of thiocarbonyl (C=S) groups is 1. The second-order valence-corrected chi connectivity index (χ2v) is 8.60. The third-order valence-electron chi connectivity index (χ3n) is 5.07. The van der Waals surface area contributed by atoms with Crippen molar-refractivity contribution in [2.45, 2.75) is 52.0 Å². The molecule has 0 fully saturated rings. The molecular formula is C22H28N2O3S2. The van der Waals surface area contributed by atoms with Gasteiger partial charge < -0.3 is 20.1 Å². The van der Waals surface area contributed by atoms with E-state index in [1.807, 2.05) is 38.1 Å². The van der Waals surface area contributed by atoms with E-state index in [0.717, 1.165) is 47.6 Å². The van der Waals surface area contributed by atoms with Crippen molar-refractivity contribution in [2.75, 3.05) is 19.0 Å². The fraction of sp³-hybridized carbons (Fsp3) is 0.455. The van der Waals surface area contributed by atoms with E-state index in [1.165, 1.54) is 11.3 Å². The van der Waals surface area contributed by atoms with Crippen molar-refractivity contribution in [3.05, 3.63) is 45.8 Å². The van der Waals surface area contributed by atoms with Gasteiger partial charge in [0.1, 0.15) is 10.8 Å². The van der Waals surface area contributed by atoms with Crippen molar-refractivity contribution in [2.24, 2.45) is 0 Å². The molecule has 2 N–H and O–H groups in total. The Morgan fingerprint density at radius 1 is 1.28 bits per heavy atom. The van der Waals surface area contributed by atoms with E-state index in [1.54, 1.807) is 18.4 Å². The van der Waals surface area contributed by atoms with Gasteiger partial charge in [-0.25, -0.2) is 4.79 Å². The van der Waals surface area contributed by atoms with Gasteiger partial charge in [0.05, 0.1) is 25.3 Å². The molecule has 7 heteroatoms. The highest BCUT2D eigenvalue weighted by Crippen LogP contribution is 2.38. The number of carbonyl (C=O) groups is 1. The molecule has 1 aromatic carbocycles. The summed E-state index contributed by atoms with van der Waals surface area (Å²) in [5, 5.41) is 7.84. The minimum absolute atomic E-state index is 0.00562. The average molecular weight is 433 g/mol. The van der Waals surface area contributed by atoms with Crippen molar-refractivity contribution in [3.8, 4) is 5.75 Å². The first-order valence-electron chi connectivity index (χ1n) is 10.1. The number of aryl methyl sites for hydroxylation is 1. The first-order chi connectivity index (χ1) is 14.0. The monoisotopic (exact) mass is 432 g/mol. The van der Waals surface area contributed by atoms with E-state index in [-0.39, 0.29) is 12.0 Å². The van der Waals surface area contributed by atoms with Gasteiger partial charge >= 0.3 is 5.97 Å². The summed E-state index contributed by atoms with van der Waals surface area (Å²) in [5.41, 5.74) is 2.87. The maximum atomic E-state index is 12.7. The minimum Gasteiger partial charge on any atom is -0.497 e. The van der Waals surface area contributed by atoms with E-state index in [4.69, 9.17) is 21.7 Å². The number of carbonyl (C=O) groups excluding carboxylic acids is 1. The normalized spacial score (nSPS) is 14.3. The van der Waals surface area contributed by atoms with Gasteiger partial charge in [-0.3, -0.25) is 0 Å². The predicted octanol–water partition coefficient (Wildman–Crippen LogP) is 5.25. The number of thiophene rings is 1. The standard InChI is InChI=1S/C22H28N2O3S2/c1-4-27-21(25)19-17-11-6-5-7-12-18(17)29-20(19)24-22(28)23-14(2)15-9-8-10-16(13-15)26-3/h8-10,13-14H,4-7,11-12H2,1-3H3,(H2,23,24,28). The Morgan fingerprint density at radius 2 is 2.07 bits per heavy atom. The van der Waals surface area contributed by atoms with Crippen LogP contribution in [-0.4, -0.2) is 24.8 Å². The summed E-state index contributed by atoms with van der Waals surface area (Å²) in [7, 11) is 1.65. The molecule has 1 heterocycles. The Labute approximate surface area is 181 Å². The fourth-order valence-electron chi connectivity index (χ4n) is 3.58. The minimum atomic E-state index is -0.266. The van der Waals surface area contributed by atoms with Gasteiger partial charge in [0.2, 0.25) is 0 Å². The van der Waals surface area contributed by atoms with E-state index in [2.05, 4.69) is 10.6 Å². The van der Waals surface area contributed by atoms with Crippen LogP contribution < -0.4 is 15.4 Å². The summed E-state index contributed by atoms with van der Waals surface area (Å²) in [4.78, 5) is 13.9. The zero-order chi connectivity index (χ0) is 20.8. The van der Waals surface area contributed by atoms with E-state index in [0.29, 0.717) is 17.3 Å². The average Bonchev–Trinajstić information content (AvgIpc) is 2.88. The molecule has 1 aliphatic carbocycles. The van der Waals surface area contributed by atoms with Crippen LogP contribution in [0.4, 0.5) is 5.00 Å². The van der Waals surface area contributed by atoms with E-state index >= 15 is 0 Å². The third kappa shape index (κ3) is 5.28. The van der Waals surface area contributed by atoms with Gasteiger partial charge in [-0.1, -0.05) is 18.6 Å². The molecule has 0 saturated carbocycles. The van der Waals surface area contributed by atoms with Crippen LogP contribution in [0.5, 0.6) is 5.75 Å². The van der Waals surface area contributed by atoms with Gasteiger partial charge in [0, 0.05) is 4.88 Å². The molecule has 0 spiro atoms. The van der Waals surface area contributed by atoms with E-state index < -0.39 is 0 Å². The smallest absolute Gasteiger partial charge is 0.341 e. The molecular weight excluding hydrogens is 404 g/mol. The van der Waals surface area contributed by atoms with Gasteiger partial charge in [-0.2, -0.15) is 0 Å². The fourth-order valence-corrected chi connectivity index (χ4v) is 5.21. The Kier molecular flexibility index (Phi) is 7.50. The molecule has 29 heavy (non-hydrogen) atoms. The summed E-state index contributed by atoms with van der Waals surface area (Å²) in [6.45, 7) is 4.23. The predicted molar refractivity (Wildman–Crippen MR) is 122 cm³/mol. The Morgan fingerprint density at radius 3 is 2.83 bits per heavy atom. The molecule has 1 aromatic heterocycles. The maximum absolute atomic E-state index is 12.7. The van der Waals surface area contributed by atoms with Gasteiger partial charge in [0.25, 0.3) is 0 Å². The quantitative estimate of drug-likeness (QED) is 0.369. The summed E-state index contributed by atoms with van der Waals surface area (Å²) in [6, 6.07) is 7.88. The van der Waals surface area contributed by atoms with Crippen molar-refractivity contribution in [1.29, 1.82) is 0 Å². The van der Waals surface area contributed by atoms with Crippen molar-refractivity contribution >= 4 is 39.6 Å². The molecule has 0 radical (unpaired) electrons. The number of hydrogen-bond acceptors (Lipinski definition) is 5. The van der Waals surface area contributed by atoms with Crippen LogP contribution in [0, 0.1) is 0 Å². The molecule has 1 unspecified atom stereocenters. The summed E-state index contributed by atoms with van der Waals surface area (Å²) in [5.74, 6) is 0.541. The Bertz CT molecular complexity index is 879. The molecule has 156 valence electrons. The first kappa shape index (κ1) is 21.6. The maximum Gasteiger partial charge on any atom is 0.341 e. The number of nitrogens with one attached hydrogen (secondary N) is 2. The lowest BCUT2D eigenvalue weighted by Crippen LogP contribution is -2.31. The number of esters is 1. The molecule has 5 nitrogen and oxygen atoms in total. The number of methoxy groups -OCH3 is 1. The lowest BCUT2D eigenvalue weighted by Gasteiger charge is -2.18. The number of rotatable bonds is 6. The number of hydrogen-bond donors (Lipinski definition) is 2. The molecule has 0 aliphatic heterocycles. The van der Waals surface area contributed by atoms with Crippen molar-refractivity contribution in [3.63, 3.8) is 0 Å². The largest absolute Gasteiger partial charge is 0.497 e.